The minimum Gasteiger partial charge on any atom is -0.397 e. The largest absolute Gasteiger partial charge is 0.397 e. The van der Waals surface area contributed by atoms with Crippen LogP contribution >= 0.6 is 27.7 Å². The van der Waals surface area contributed by atoms with E-state index >= 15 is 0 Å². The number of hydrogen-bond acceptors (Lipinski definition) is 4. The summed E-state index contributed by atoms with van der Waals surface area (Å²) in [6.45, 7) is 2.03. The zero-order chi connectivity index (χ0) is 11.5. The van der Waals surface area contributed by atoms with Crippen molar-refractivity contribution in [1.82, 2.24) is 9.97 Å². The quantitative estimate of drug-likeness (QED) is 0.924. The molecule has 0 atom stereocenters. The molecule has 0 unspecified atom stereocenters. The lowest BCUT2D eigenvalue weighted by Gasteiger charge is -2.06. The highest BCUT2D eigenvalue weighted by molar-refractivity contribution is 9.10. The van der Waals surface area contributed by atoms with Gasteiger partial charge in [-0.15, -0.1) is 0 Å². The summed E-state index contributed by atoms with van der Waals surface area (Å²) in [6.07, 6.45) is 5.16. The van der Waals surface area contributed by atoms with E-state index < -0.39 is 0 Å². The molecule has 0 amide bonds. The van der Waals surface area contributed by atoms with Gasteiger partial charge in [0.25, 0.3) is 0 Å². The molecule has 0 spiro atoms. The van der Waals surface area contributed by atoms with Crippen LogP contribution in [0, 0.1) is 6.92 Å². The van der Waals surface area contributed by atoms with Gasteiger partial charge in [-0.25, -0.2) is 4.98 Å². The molecule has 0 aliphatic carbocycles. The highest BCUT2D eigenvalue weighted by Gasteiger charge is 2.07. The van der Waals surface area contributed by atoms with Crippen LogP contribution in [0.1, 0.15) is 5.56 Å². The van der Waals surface area contributed by atoms with Crippen LogP contribution < -0.4 is 5.73 Å². The summed E-state index contributed by atoms with van der Waals surface area (Å²) < 4.78 is 1.01. The molecule has 0 aromatic carbocycles. The summed E-state index contributed by atoms with van der Waals surface area (Å²) in [7, 11) is 0. The van der Waals surface area contributed by atoms with Crippen molar-refractivity contribution < 1.29 is 0 Å². The smallest absolute Gasteiger partial charge is 0.115 e. The van der Waals surface area contributed by atoms with Crippen LogP contribution in [0.15, 0.2) is 45.1 Å². The summed E-state index contributed by atoms with van der Waals surface area (Å²) in [5, 5.41) is 0.915. The molecule has 82 valence electrons. The van der Waals surface area contributed by atoms with Crippen molar-refractivity contribution in [1.29, 1.82) is 0 Å². The maximum atomic E-state index is 5.83. The molecule has 2 N–H and O–H groups in total. The first-order valence-electron chi connectivity index (χ1n) is 4.67. The number of nitrogens with two attached hydrogens (primary N) is 1. The van der Waals surface area contributed by atoms with Crippen molar-refractivity contribution in [3.05, 3.63) is 40.8 Å². The normalized spacial score (nSPS) is 10.4. The van der Waals surface area contributed by atoms with Crippen molar-refractivity contribution >= 4 is 33.4 Å². The molecule has 0 saturated carbocycles. The van der Waals surface area contributed by atoms with Gasteiger partial charge in [-0.3, -0.25) is 4.98 Å². The number of nitrogen functional groups attached to an aromatic ring is 1. The van der Waals surface area contributed by atoms with E-state index in [0.29, 0.717) is 5.69 Å². The molecule has 0 bridgehead atoms. The maximum Gasteiger partial charge on any atom is 0.115 e. The van der Waals surface area contributed by atoms with Crippen molar-refractivity contribution in [2.24, 2.45) is 0 Å². The average Bonchev–Trinajstić information content (AvgIpc) is 2.28. The van der Waals surface area contributed by atoms with E-state index in [1.54, 1.807) is 18.6 Å². The second-order valence-electron chi connectivity index (χ2n) is 3.26. The Kier molecular flexibility index (Phi) is 3.46. The molecule has 2 aromatic rings. The van der Waals surface area contributed by atoms with Gasteiger partial charge >= 0.3 is 0 Å². The maximum absolute atomic E-state index is 5.83. The molecule has 0 fully saturated rings. The predicted octanol–water partition coefficient (Wildman–Crippen LogP) is 3.28. The van der Waals surface area contributed by atoms with Gasteiger partial charge in [0.05, 0.1) is 16.4 Å². The number of anilines is 1. The molecule has 0 saturated heterocycles. The van der Waals surface area contributed by atoms with E-state index in [1.807, 2.05) is 19.1 Å². The standard InChI is InChI=1S/C11H10BrN3S/c1-7-2-5-15-11(10(7)12)16-9-3-4-14-6-8(9)13/h2-6H,13H2,1H3. The predicted molar refractivity (Wildman–Crippen MR) is 69.4 cm³/mol. The zero-order valence-corrected chi connectivity index (χ0v) is 11.0. The number of aromatic nitrogens is 2. The molecule has 3 nitrogen and oxygen atoms in total. The Morgan fingerprint density at radius 2 is 2.12 bits per heavy atom. The molecular weight excluding hydrogens is 286 g/mol. The first-order chi connectivity index (χ1) is 7.68. The van der Waals surface area contributed by atoms with E-state index in [2.05, 4.69) is 25.9 Å². The van der Waals surface area contributed by atoms with Gasteiger partial charge < -0.3 is 5.73 Å². The van der Waals surface area contributed by atoms with E-state index in [0.717, 1.165) is 20.0 Å². The third-order valence-corrected chi connectivity index (χ3v) is 4.43. The minimum absolute atomic E-state index is 0.669. The first-order valence-corrected chi connectivity index (χ1v) is 6.28. The van der Waals surface area contributed by atoms with E-state index in [4.69, 9.17) is 5.73 Å². The molecule has 2 rings (SSSR count). The van der Waals surface area contributed by atoms with Crippen LogP contribution in [0.4, 0.5) is 5.69 Å². The van der Waals surface area contributed by atoms with Crippen molar-refractivity contribution in [2.75, 3.05) is 5.73 Å². The number of pyridine rings is 2. The van der Waals surface area contributed by atoms with E-state index in [-0.39, 0.29) is 0 Å². The lowest BCUT2D eigenvalue weighted by molar-refractivity contribution is 1.08. The molecule has 2 aromatic heterocycles. The second kappa shape index (κ2) is 4.84. The number of aryl methyl sites for hydroxylation is 1. The summed E-state index contributed by atoms with van der Waals surface area (Å²) in [4.78, 5) is 9.24. The van der Waals surface area contributed by atoms with Crippen LogP contribution in [0.2, 0.25) is 0 Å². The van der Waals surface area contributed by atoms with Crippen LogP contribution in [-0.2, 0) is 0 Å². The molecule has 0 aliphatic heterocycles. The van der Waals surface area contributed by atoms with Crippen LogP contribution in [0.3, 0.4) is 0 Å². The Hall–Kier alpha value is -1.07. The Bertz CT molecular complexity index is 516. The molecular formula is C11H10BrN3S. The van der Waals surface area contributed by atoms with Gasteiger partial charge in [0.1, 0.15) is 5.03 Å². The van der Waals surface area contributed by atoms with E-state index in [1.165, 1.54) is 11.8 Å². The van der Waals surface area contributed by atoms with Crippen LogP contribution in [0.5, 0.6) is 0 Å². The van der Waals surface area contributed by atoms with Crippen LogP contribution in [0.25, 0.3) is 0 Å². The molecule has 0 aliphatic rings. The Balaban J connectivity index is 2.35. The van der Waals surface area contributed by atoms with Gasteiger partial charge in [-0.1, -0.05) is 11.8 Å². The fourth-order valence-corrected chi connectivity index (χ4v) is 2.53. The lowest BCUT2D eigenvalue weighted by atomic mass is 10.3. The third-order valence-electron chi connectivity index (χ3n) is 2.07. The zero-order valence-electron chi connectivity index (χ0n) is 8.64. The number of hydrogen-bond donors (Lipinski definition) is 1. The highest BCUT2D eigenvalue weighted by atomic mass is 79.9. The Labute approximate surface area is 107 Å². The Morgan fingerprint density at radius 1 is 1.31 bits per heavy atom. The number of rotatable bonds is 2. The summed E-state index contributed by atoms with van der Waals surface area (Å²) >= 11 is 5.05. The topological polar surface area (TPSA) is 51.8 Å². The fourth-order valence-electron chi connectivity index (χ4n) is 1.18. The summed E-state index contributed by atoms with van der Waals surface area (Å²) in [5.74, 6) is 0. The number of halogens is 1. The second-order valence-corrected chi connectivity index (χ2v) is 5.09. The molecule has 2 heterocycles. The highest BCUT2D eigenvalue weighted by Crippen LogP contribution is 2.35. The summed E-state index contributed by atoms with van der Waals surface area (Å²) in [6, 6.07) is 3.85. The molecule has 0 radical (unpaired) electrons. The van der Waals surface area contributed by atoms with Crippen molar-refractivity contribution in [2.45, 2.75) is 16.8 Å². The van der Waals surface area contributed by atoms with E-state index in [9.17, 15) is 0 Å². The van der Waals surface area contributed by atoms with Crippen molar-refractivity contribution in [3.63, 3.8) is 0 Å². The van der Waals surface area contributed by atoms with Crippen LogP contribution in [-0.4, -0.2) is 9.97 Å². The molecule has 16 heavy (non-hydrogen) atoms. The van der Waals surface area contributed by atoms with Gasteiger partial charge in [-0.2, -0.15) is 0 Å². The van der Waals surface area contributed by atoms with Gasteiger partial charge in [0.2, 0.25) is 0 Å². The monoisotopic (exact) mass is 295 g/mol. The Morgan fingerprint density at radius 3 is 2.88 bits per heavy atom. The van der Waals surface area contributed by atoms with Crippen molar-refractivity contribution in [3.8, 4) is 0 Å². The third kappa shape index (κ3) is 2.36. The van der Waals surface area contributed by atoms with Gasteiger partial charge in [-0.05, 0) is 40.5 Å². The first kappa shape index (κ1) is 11.4. The number of nitrogens with zero attached hydrogens (tertiary/aromatic N) is 2. The fraction of sp³-hybridized carbons (Fsp3) is 0.0909. The average molecular weight is 296 g/mol. The molecule has 5 heteroatoms. The van der Waals surface area contributed by atoms with Gasteiger partial charge in [0, 0.05) is 17.3 Å². The lowest BCUT2D eigenvalue weighted by Crippen LogP contribution is -1.91. The minimum atomic E-state index is 0.669. The SMILES string of the molecule is Cc1ccnc(Sc2ccncc2N)c1Br. The van der Waals surface area contributed by atoms with Gasteiger partial charge in [0.15, 0.2) is 0 Å². The summed E-state index contributed by atoms with van der Waals surface area (Å²) in [5.41, 5.74) is 7.66.